The van der Waals surface area contributed by atoms with E-state index in [1.54, 1.807) is 17.0 Å². The second-order valence-corrected chi connectivity index (χ2v) is 5.81. The summed E-state index contributed by atoms with van der Waals surface area (Å²) in [5.74, 6) is -0.938. The number of carbonyl (C=O) groups is 2. The lowest BCUT2D eigenvalue weighted by Gasteiger charge is -2.34. The van der Waals surface area contributed by atoms with E-state index in [4.69, 9.17) is 21.4 Å². The first kappa shape index (κ1) is 16.8. The number of amides is 1. The van der Waals surface area contributed by atoms with Gasteiger partial charge in [-0.15, -0.1) is 0 Å². The van der Waals surface area contributed by atoms with E-state index in [-0.39, 0.29) is 31.3 Å². The molecule has 0 unspecified atom stereocenters. The summed E-state index contributed by atoms with van der Waals surface area (Å²) in [4.78, 5) is 25.1. The molecule has 2 rings (SSSR count). The normalized spacial score (nSPS) is 15.5. The summed E-state index contributed by atoms with van der Waals surface area (Å²) in [5, 5.41) is 9.51. The highest BCUT2D eigenvalue weighted by Crippen LogP contribution is 2.17. The first-order valence-corrected chi connectivity index (χ1v) is 7.77. The van der Waals surface area contributed by atoms with Gasteiger partial charge in [0.05, 0.1) is 12.8 Å². The molecule has 120 valence electrons. The van der Waals surface area contributed by atoms with Crippen LogP contribution in [0.3, 0.4) is 0 Å². The molecule has 1 aliphatic rings. The molecule has 1 N–H and O–H groups in total. The van der Waals surface area contributed by atoms with Gasteiger partial charge in [0, 0.05) is 30.8 Å². The third-order valence-corrected chi connectivity index (χ3v) is 4.04. The zero-order chi connectivity index (χ0) is 15.9. The number of nitrogens with zero attached hydrogens (tertiary/aromatic N) is 1. The van der Waals surface area contributed by atoms with Crippen LogP contribution in [-0.2, 0) is 20.7 Å². The molecule has 1 aromatic rings. The van der Waals surface area contributed by atoms with Crippen LogP contribution in [0.2, 0.25) is 5.02 Å². The second kappa shape index (κ2) is 8.15. The van der Waals surface area contributed by atoms with Crippen LogP contribution in [0.4, 0.5) is 0 Å². The Morgan fingerprint density at radius 1 is 1.23 bits per heavy atom. The van der Waals surface area contributed by atoms with Crippen LogP contribution >= 0.6 is 11.6 Å². The summed E-state index contributed by atoms with van der Waals surface area (Å²) in [7, 11) is 0. The van der Waals surface area contributed by atoms with Crippen molar-refractivity contribution in [1.82, 2.24) is 4.90 Å². The van der Waals surface area contributed by atoms with Gasteiger partial charge in [-0.05, 0) is 30.5 Å². The van der Waals surface area contributed by atoms with E-state index in [2.05, 4.69) is 0 Å². The number of ether oxygens (including phenoxy) is 1. The maximum atomic E-state index is 12.6. The number of carboxylic acid groups (broad SMARTS) is 1. The van der Waals surface area contributed by atoms with E-state index in [0.717, 1.165) is 18.4 Å². The molecule has 22 heavy (non-hydrogen) atoms. The van der Waals surface area contributed by atoms with Gasteiger partial charge in [-0.2, -0.15) is 0 Å². The zero-order valence-electron chi connectivity index (χ0n) is 12.3. The Kier molecular flexibility index (Phi) is 6.21. The van der Waals surface area contributed by atoms with Crippen molar-refractivity contribution >= 4 is 23.5 Å². The molecule has 1 aliphatic heterocycles. The average molecular weight is 326 g/mol. The van der Waals surface area contributed by atoms with Crippen molar-refractivity contribution in [3.05, 3.63) is 34.9 Å². The first-order chi connectivity index (χ1) is 10.6. The van der Waals surface area contributed by atoms with Gasteiger partial charge in [-0.25, -0.2) is 0 Å². The predicted octanol–water partition coefficient (Wildman–Crippen LogP) is 2.36. The quantitative estimate of drug-likeness (QED) is 0.872. The molecule has 0 bridgehead atoms. The minimum Gasteiger partial charge on any atom is -0.481 e. The maximum absolute atomic E-state index is 12.6. The summed E-state index contributed by atoms with van der Waals surface area (Å²) in [6.07, 6.45) is 1.73. The first-order valence-electron chi connectivity index (χ1n) is 7.39. The Hall–Kier alpha value is -1.59. The molecule has 0 atom stereocenters. The fraction of sp³-hybridized carbons (Fsp3) is 0.500. The molecule has 1 saturated heterocycles. The van der Waals surface area contributed by atoms with E-state index in [0.29, 0.717) is 18.2 Å². The van der Waals surface area contributed by atoms with Gasteiger partial charge < -0.3 is 14.7 Å². The van der Waals surface area contributed by atoms with Crippen LogP contribution in [0.1, 0.15) is 24.8 Å². The van der Waals surface area contributed by atoms with Gasteiger partial charge in [0.25, 0.3) is 0 Å². The smallest absolute Gasteiger partial charge is 0.305 e. The molecule has 0 radical (unpaired) electrons. The fourth-order valence-corrected chi connectivity index (χ4v) is 2.73. The average Bonchev–Trinajstić information content (AvgIpc) is 2.50. The summed E-state index contributed by atoms with van der Waals surface area (Å²) in [6.45, 7) is 1.47. The van der Waals surface area contributed by atoms with E-state index in [1.807, 2.05) is 12.1 Å². The molecule has 0 saturated carbocycles. The van der Waals surface area contributed by atoms with E-state index in [1.165, 1.54) is 0 Å². The Morgan fingerprint density at radius 3 is 2.45 bits per heavy atom. The number of aliphatic carboxylic acids is 1. The zero-order valence-corrected chi connectivity index (χ0v) is 13.1. The number of hydrogen-bond donors (Lipinski definition) is 1. The fourth-order valence-electron chi connectivity index (χ4n) is 2.60. The molecular formula is C16H20ClNO4. The molecular weight excluding hydrogens is 306 g/mol. The van der Waals surface area contributed by atoms with Gasteiger partial charge in [-0.1, -0.05) is 23.7 Å². The van der Waals surface area contributed by atoms with Gasteiger partial charge in [-0.3, -0.25) is 9.59 Å². The SMILES string of the molecule is O=C(O)CCN(C(=O)Cc1ccc(Cl)cc1)C1CCOCC1. The summed E-state index contributed by atoms with van der Waals surface area (Å²) >= 11 is 5.84. The van der Waals surface area contributed by atoms with Crippen molar-refractivity contribution in [2.75, 3.05) is 19.8 Å². The highest BCUT2D eigenvalue weighted by molar-refractivity contribution is 6.30. The minimum atomic E-state index is -0.892. The molecule has 0 spiro atoms. The highest BCUT2D eigenvalue weighted by atomic mass is 35.5. The third kappa shape index (κ3) is 5.00. The van der Waals surface area contributed by atoms with Crippen LogP contribution < -0.4 is 0 Å². The molecule has 1 heterocycles. The van der Waals surface area contributed by atoms with Crippen LogP contribution in [0.5, 0.6) is 0 Å². The molecule has 0 aliphatic carbocycles. The molecule has 0 aromatic heterocycles. The van der Waals surface area contributed by atoms with Crippen molar-refractivity contribution in [1.29, 1.82) is 0 Å². The lowest BCUT2D eigenvalue weighted by atomic mass is 10.0. The number of carboxylic acids is 1. The summed E-state index contributed by atoms with van der Waals surface area (Å²) < 4.78 is 5.32. The van der Waals surface area contributed by atoms with Crippen molar-refractivity contribution in [3.63, 3.8) is 0 Å². The lowest BCUT2D eigenvalue weighted by Crippen LogP contribution is -2.45. The lowest BCUT2D eigenvalue weighted by molar-refractivity contribution is -0.140. The monoisotopic (exact) mass is 325 g/mol. The minimum absolute atomic E-state index is 0.0380. The van der Waals surface area contributed by atoms with E-state index < -0.39 is 5.97 Å². The van der Waals surface area contributed by atoms with Crippen LogP contribution in [-0.4, -0.2) is 47.7 Å². The van der Waals surface area contributed by atoms with Crippen LogP contribution in [0, 0.1) is 0 Å². The molecule has 1 fully saturated rings. The van der Waals surface area contributed by atoms with Crippen LogP contribution in [0.25, 0.3) is 0 Å². The Bertz CT molecular complexity index is 511. The molecule has 5 nitrogen and oxygen atoms in total. The van der Waals surface area contributed by atoms with Gasteiger partial charge >= 0.3 is 5.97 Å². The standard InChI is InChI=1S/C16H20ClNO4/c17-13-3-1-12(2-4-13)11-15(19)18(8-5-16(20)21)14-6-9-22-10-7-14/h1-4,14H,5-11H2,(H,20,21). The molecule has 1 amide bonds. The highest BCUT2D eigenvalue weighted by Gasteiger charge is 2.26. The Labute approximate surface area is 134 Å². The molecule has 1 aromatic carbocycles. The summed E-state index contributed by atoms with van der Waals surface area (Å²) in [5.41, 5.74) is 0.877. The Morgan fingerprint density at radius 2 is 1.86 bits per heavy atom. The number of benzene rings is 1. The topological polar surface area (TPSA) is 66.8 Å². The molecule has 6 heteroatoms. The van der Waals surface area contributed by atoms with Crippen LogP contribution in [0.15, 0.2) is 24.3 Å². The van der Waals surface area contributed by atoms with Gasteiger partial charge in [0.2, 0.25) is 5.91 Å². The number of carbonyl (C=O) groups excluding carboxylic acids is 1. The van der Waals surface area contributed by atoms with E-state index in [9.17, 15) is 9.59 Å². The van der Waals surface area contributed by atoms with Crippen molar-refractivity contribution in [2.24, 2.45) is 0 Å². The third-order valence-electron chi connectivity index (χ3n) is 3.79. The predicted molar refractivity (Wildman–Crippen MR) is 83.0 cm³/mol. The van der Waals surface area contributed by atoms with Crippen molar-refractivity contribution in [2.45, 2.75) is 31.7 Å². The number of hydrogen-bond acceptors (Lipinski definition) is 3. The van der Waals surface area contributed by atoms with E-state index >= 15 is 0 Å². The number of rotatable bonds is 6. The summed E-state index contributed by atoms with van der Waals surface area (Å²) in [6, 6.07) is 7.20. The largest absolute Gasteiger partial charge is 0.481 e. The van der Waals surface area contributed by atoms with Crippen molar-refractivity contribution < 1.29 is 19.4 Å². The maximum Gasteiger partial charge on any atom is 0.305 e. The Balaban J connectivity index is 2.03. The van der Waals surface area contributed by atoms with Gasteiger partial charge in [0.15, 0.2) is 0 Å². The van der Waals surface area contributed by atoms with Gasteiger partial charge in [0.1, 0.15) is 0 Å². The number of halogens is 1. The second-order valence-electron chi connectivity index (χ2n) is 5.38. The van der Waals surface area contributed by atoms with Crippen molar-refractivity contribution in [3.8, 4) is 0 Å².